The largest absolute Gasteiger partial charge is 0.394 e. The number of nitrogens with zero attached hydrogens (tertiary/aromatic N) is 2. The first-order valence-electron chi connectivity index (χ1n) is 11.3. The second-order valence-corrected chi connectivity index (χ2v) is 10.0. The minimum absolute atomic E-state index is 0.0206. The Balaban J connectivity index is 1.53. The molecule has 6 nitrogen and oxygen atoms in total. The Hall–Kier alpha value is -2.23. The van der Waals surface area contributed by atoms with E-state index in [-0.39, 0.29) is 30.9 Å². The van der Waals surface area contributed by atoms with Crippen molar-refractivity contribution in [1.82, 2.24) is 4.90 Å². The van der Waals surface area contributed by atoms with Crippen LogP contribution in [0.5, 0.6) is 0 Å². The van der Waals surface area contributed by atoms with Crippen molar-refractivity contribution in [2.75, 3.05) is 18.1 Å². The summed E-state index contributed by atoms with van der Waals surface area (Å²) in [6, 6.07) is 15.2. The highest BCUT2D eigenvalue weighted by atomic mass is 127. The van der Waals surface area contributed by atoms with Crippen LogP contribution >= 0.6 is 22.6 Å². The average molecular weight is 560 g/mol. The molecule has 7 heteroatoms. The summed E-state index contributed by atoms with van der Waals surface area (Å²) in [5, 5.41) is 21.1. The molecule has 0 spiro atoms. The number of hydrogen-bond acceptors (Lipinski definition) is 4. The highest BCUT2D eigenvalue weighted by molar-refractivity contribution is 14.1. The average Bonchev–Trinajstić information content (AvgIpc) is 3.37. The molecule has 0 radical (unpaired) electrons. The van der Waals surface area contributed by atoms with Gasteiger partial charge >= 0.3 is 0 Å². The molecule has 2 aliphatic heterocycles. The Kier molecular flexibility index (Phi) is 7.21. The minimum Gasteiger partial charge on any atom is -0.394 e. The number of rotatable bonds is 7. The van der Waals surface area contributed by atoms with Gasteiger partial charge < -0.3 is 20.0 Å². The van der Waals surface area contributed by atoms with Gasteiger partial charge in [-0.25, -0.2) is 0 Å². The van der Waals surface area contributed by atoms with E-state index in [1.54, 1.807) is 34.9 Å². The van der Waals surface area contributed by atoms with Crippen LogP contribution in [0.15, 0.2) is 60.7 Å². The molecule has 3 atom stereocenters. The number of carbonyl (C=O) groups excluding carboxylic acids is 2. The summed E-state index contributed by atoms with van der Waals surface area (Å²) < 4.78 is 1.09. The molecule has 2 N–H and O–H groups in total. The normalized spacial score (nSPS) is 23.4. The lowest BCUT2D eigenvalue weighted by molar-refractivity contribution is -0.139. The van der Waals surface area contributed by atoms with Crippen LogP contribution in [-0.2, 0) is 21.7 Å². The third-order valence-corrected chi connectivity index (χ3v) is 7.36. The van der Waals surface area contributed by atoms with Gasteiger partial charge in [-0.2, -0.15) is 0 Å². The molecule has 2 aliphatic rings. The fourth-order valence-corrected chi connectivity index (χ4v) is 5.47. The van der Waals surface area contributed by atoms with Gasteiger partial charge in [0.15, 0.2) is 5.60 Å². The molecule has 0 aromatic heterocycles. The SMILES string of the molecule is C[C@@H](/C=C/CC(=O)N1CCC[C@H]1CO)[C@]1(O)C(=O)N(Cc2cccc(I)c2)c2ccccc21. The summed E-state index contributed by atoms with van der Waals surface area (Å²) in [5.41, 5.74) is 0.596. The summed E-state index contributed by atoms with van der Waals surface area (Å²) in [6.07, 6.45) is 5.39. The Labute approximate surface area is 208 Å². The molecule has 0 aliphatic carbocycles. The maximum Gasteiger partial charge on any atom is 0.264 e. The highest BCUT2D eigenvalue weighted by Crippen LogP contribution is 2.45. The van der Waals surface area contributed by atoms with E-state index in [4.69, 9.17) is 0 Å². The van der Waals surface area contributed by atoms with Crippen LogP contribution < -0.4 is 4.90 Å². The van der Waals surface area contributed by atoms with Crippen molar-refractivity contribution < 1.29 is 19.8 Å². The zero-order valence-electron chi connectivity index (χ0n) is 18.7. The predicted molar refractivity (Wildman–Crippen MR) is 135 cm³/mol. The molecule has 0 saturated carbocycles. The molecule has 1 saturated heterocycles. The Morgan fingerprint density at radius 2 is 2.06 bits per heavy atom. The molecule has 0 bridgehead atoms. The van der Waals surface area contributed by atoms with Gasteiger partial charge in [0.2, 0.25) is 5.91 Å². The predicted octanol–water partition coefficient (Wildman–Crippen LogP) is 3.59. The number of aliphatic hydroxyl groups excluding tert-OH is 1. The van der Waals surface area contributed by atoms with E-state index in [2.05, 4.69) is 22.6 Å². The fourth-order valence-electron chi connectivity index (χ4n) is 4.86. The molecule has 0 unspecified atom stereocenters. The van der Waals surface area contributed by atoms with Crippen molar-refractivity contribution in [3.8, 4) is 0 Å². The zero-order valence-corrected chi connectivity index (χ0v) is 20.8. The summed E-state index contributed by atoms with van der Waals surface area (Å²) >= 11 is 2.25. The van der Waals surface area contributed by atoms with Gasteiger partial charge in [0.25, 0.3) is 5.91 Å². The van der Waals surface area contributed by atoms with E-state index in [1.165, 1.54) is 0 Å². The summed E-state index contributed by atoms with van der Waals surface area (Å²) in [5.74, 6) is -0.918. The number of aliphatic hydroxyl groups is 2. The van der Waals surface area contributed by atoms with E-state index in [0.717, 1.165) is 22.0 Å². The number of benzene rings is 2. The molecule has 1 fully saturated rings. The first-order chi connectivity index (χ1) is 15.9. The van der Waals surface area contributed by atoms with Gasteiger partial charge in [-0.1, -0.05) is 49.4 Å². The van der Waals surface area contributed by atoms with Crippen LogP contribution in [0.1, 0.15) is 37.3 Å². The van der Waals surface area contributed by atoms with E-state index in [0.29, 0.717) is 24.3 Å². The topological polar surface area (TPSA) is 81.1 Å². The quantitative estimate of drug-likeness (QED) is 0.401. The third kappa shape index (κ3) is 4.58. The van der Waals surface area contributed by atoms with Crippen LogP contribution in [0.2, 0.25) is 0 Å². The summed E-state index contributed by atoms with van der Waals surface area (Å²) in [4.78, 5) is 29.5. The van der Waals surface area contributed by atoms with Crippen LogP contribution in [0.4, 0.5) is 5.69 Å². The van der Waals surface area contributed by atoms with Gasteiger partial charge in [-0.05, 0) is 59.2 Å². The van der Waals surface area contributed by atoms with Crippen molar-refractivity contribution in [2.45, 2.75) is 44.4 Å². The fraction of sp³-hybridized carbons (Fsp3) is 0.385. The molecule has 2 aromatic rings. The number of para-hydroxylation sites is 1. The molecule has 33 heavy (non-hydrogen) atoms. The molecule has 2 aromatic carbocycles. The second kappa shape index (κ2) is 9.95. The number of halogens is 1. The van der Waals surface area contributed by atoms with Gasteiger partial charge in [0.05, 0.1) is 24.9 Å². The number of amides is 2. The van der Waals surface area contributed by atoms with Crippen LogP contribution in [0.25, 0.3) is 0 Å². The van der Waals surface area contributed by atoms with Crippen LogP contribution in [0, 0.1) is 9.49 Å². The van der Waals surface area contributed by atoms with Gasteiger partial charge in [-0.3, -0.25) is 9.59 Å². The minimum atomic E-state index is -1.70. The number of hydrogen-bond donors (Lipinski definition) is 2. The first-order valence-corrected chi connectivity index (χ1v) is 12.4. The van der Waals surface area contributed by atoms with Crippen molar-refractivity contribution in [3.05, 3.63) is 75.4 Å². The molecule has 4 rings (SSSR count). The van der Waals surface area contributed by atoms with E-state index in [9.17, 15) is 19.8 Å². The number of fused-ring (bicyclic) bond motifs is 1. The molecule has 2 heterocycles. The lowest BCUT2D eigenvalue weighted by Crippen LogP contribution is -2.44. The van der Waals surface area contributed by atoms with Crippen molar-refractivity contribution >= 4 is 40.1 Å². The van der Waals surface area contributed by atoms with Crippen LogP contribution in [-0.4, -0.2) is 46.1 Å². The lowest BCUT2D eigenvalue weighted by Gasteiger charge is -2.28. The monoisotopic (exact) mass is 560 g/mol. The molecule has 174 valence electrons. The Morgan fingerprint density at radius 1 is 1.27 bits per heavy atom. The van der Waals surface area contributed by atoms with Gasteiger partial charge in [0.1, 0.15) is 0 Å². The third-order valence-electron chi connectivity index (χ3n) is 6.69. The maximum atomic E-state index is 13.5. The van der Waals surface area contributed by atoms with Crippen molar-refractivity contribution in [2.24, 2.45) is 5.92 Å². The number of carbonyl (C=O) groups is 2. The Bertz CT molecular complexity index is 1070. The van der Waals surface area contributed by atoms with Crippen LogP contribution in [0.3, 0.4) is 0 Å². The summed E-state index contributed by atoms with van der Waals surface area (Å²) in [6.45, 7) is 2.82. The molecular weight excluding hydrogens is 531 g/mol. The van der Waals surface area contributed by atoms with E-state index >= 15 is 0 Å². The van der Waals surface area contributed by atoms with Gasteiger partial charge in [-0.15, -0.1) is 0 Å². The van der Waals surface area contributed by atoms with E-state index < -0.39 is 11.5 Å². The number of anilines is 1. The summed E-state index contributed by atoms with van der Waals surface area (Å²) in [7, 11) is 0. The van der Waals surface area contributed by atoms with Crippen molar-refractivity contribution in [1.29, 1.82) is 0 Å². The smallest absolute Gasteiger partial charge is 0.264 e. The Morgan fingerprint density at radius 3 is 2.82 bits per heavy atom. The van der Waals surface area contributed by atoms with Gasteiger partial charge in [0, 0.05) is 28.0 Å². The lowest BCUT2D eigenvalue weighted by atomic mass is 9.83. The number of likely N-dealkylation sites (tertiary alicyclic amines) is 1. The second-order valence-electron chi connectivity index (χ2n) is 8.79. The zero-order chi connectivity index (χ0) is 23.6. The standard InChI is InChI=1S/C26H29IN2O4/c1-18(7-4-13-24(31)28-14-6-10-21(28)17-30)26(33)22-11-2-3-12-23(22)29(25(26)32)16-19-8-5-9-20(27)15-19/h2-5,7-9,11-12,15,18,21,30,33H,6,10,13-14,16-17H2,1H3/b7-4+/t18-,21-,26+/m0/s1. The maximum absolute atomic E-state index is 13.5. The molecular formula is C26H29IN2O4. The van der Waals surface area contributed by atoms with E-state index in [1.807, 2.05) is 42.5 Å². The first kappa shape index (κ1) is 23.9. The highest BCUT2D eigenvalue weighted by Gasteiger charge is 2.52. The van der Waals surface area contributed by atoms with Crippen molar-refractivity contribution in [3.63, 3.8) is 0 Å². The molecule has 2 amide bonds.